The topological polar surface area (TPSA) is 102 Å². The molecule has 4 rings (SSSR count). The van der Waals surface area contributed by atoms with Gasteiger partial charge < -0.3 is 14.7 Å². The Morgan fingerprint density at radius 2 is 1.98 bits per heavy atom. The molecular formula is C31H33Br2F4N5O3. The van der Waals surface area contributed by atoms with E-state index in [0.29, 0.717) is 69.1 Å². The molecule has 45 heavy (non-hydrogen) atoms. The molecule has 3 heterocycles. The molecule has 1 aliphatic heterocycles. The summed E-state index contributed by atoms with van der Waals surface area (Å²) < 4.78 is 54.6. The second kappa shape index (κ2) is 15.0. The van der Waals surface area contributed by atoms with Crippen molar-refractivity contribution < 1.29 is 27.2 Å². The van der Waals surface area contributed by atoms with Gasteiger partial charge in [-0.1, -0.05) is 24.3 Å². The Labute approximate surface area is 274 Å². The molecule has 1 amide bonds. The molecule has 2 aromatic heterocycles. The van der Waals surface area contributed by atoms with Gasteiger partial charge in [-0.2, -0.15) is 18.3 Å². The summed E-state index contributed by atoms with van der Waals surface area (Å²) in [6.45, 7) is 1.35. The summed E-state index contributed by atoms with van der Waals surface area (Å²) in [6.07, 6.45) is 0.885. The number of alkyl halides is 3. The van der Waals surface area contributed by atoms with Crippen LogP contribution in [-0.4, -0.2) is 76.6 Å². The van der Waals surface area contributed by atoms with E-state index >= 15 is 0 Å². The molecule has 8 nitrogen and oxygen atoms in total. The lowest BCUT2D eigenvalue weighted by Crippen LogP contribution is -2.39. The number of piperidine rings is 1. The highest BCUT2D eigenvalue weighted by atomic mass is 79.9. The first-order valence-electron chi connectivity index (χ1n) is 14.4. The predicted molar refractivity (Wildman–Crippen MR) is 172 cm³/mol. The Balaban J connectivity index is 1.45. The molecule has 0 spiro atoms. The Bertz CT molecular complexity index is 1660. The normalized spacial score (nSPS) is 16.1. The Hall–Kier alpha value is -3.10. The number of nitrogens with one attached hydrogen (secondary N) is 2. The van der Waals surface area contributed by atoms with Crippen molar-refractivity contribution >= 4 is 65.0 Å². The number of aromatic nitrogens is 3. The molecule has 0 aliphatic carbocycles. The number of likely N-dealkylation sites (tertiary alicyclic amines) is 1. The van der Waals surface area contributed by atoms with E-state index in [1.807, 2.05) is 0 Å². The maximum atomic E-state index is 14.1. The largest absolute Gasteiger partial charge is 0.401 e. The molecule has 1 saturated heterocycles. The third kappa shape index (κ3) is 8.79. The molecule has 0 unspecified atom stereocenters. The average molecular weight is 759 g/mol. The van der Waals surface area contributed by atoms with Gasteiger partial charge in [0.2, 0.25) is 5.91 Å². The monoisotopic (exact) mass is 757 g/mol. The lowest BCUT2D eigenvalue weighted by Gasteiger charge is -2.32. The van der Waals surface area contributed by atoms with Crippen molar-refractivity contribution in [1.29, 1.82) is 0 Å². The van der Waals surface area contributed by atoms with Crippen LogP contribution in [0.3, 0.4) is 0 Å². The van der Waals surface area contributed by atoms with E-state index in [-0.39, 0.29) is 42.3 Å². The number of rotatable bonds is 11. The molecule has 1 fully saturated rings. The summed E-state index contributed by atoms with van der Waals surface area (Å²) in [5, 5.41) is 7.67. The number of fused-ring (bicyclic) bond motifs is 1. The highest BCUT2D eigenvalue weighted by Gasteiger charge is 2.31. The number of nitrogens with zero attached hydrogens (tertiary/aromatic N) is 3. The van der Waals surface area contributed by atoms with Crippen molar-refractivity contribution in [2.75, 3.05) is 33.2 Å². The highest BCUT2D eigenvalue weighted by Crippen LogP contribution is 2.34. The zero-order chi connectivity index (χ0) is 32.9. The van der Waals surface area contributed by atoms with Crippen LogP contribution in [0.2, 0.25) is 0 Å². The van der Waals surface area contributed by atoms with Gasteiger partial charge in [0.05, 0.1) is 12.1 Å². The van der Waals surface area contributed by atoms with Gasteiger partial charge in [-0.15, -0.1) is 0 Å². The van der Waals surface area contributed by atoms with E-state index in [0.717, 1.165) is 4.90 Å². The highest BCUT2D eigenvalue weighted by molar-refractivity contribution is 9.15. The van der Waals surface area contributed by atoms with Gasteiger partial charge in [-0.05, 0) is 88.7 Å². The standard InChI is InChI=1S/C31H33Br2F4N5O3/c1-3-23(32)28-26(29(33)40-39-28)21(15-41(2)17-31(35,36)37)8-7-18(16-43)13-25(44)42-11-9-19(10-12-42)22-14-20-5-4-6-24(34)27(20)38-30(22)45/h3-6,8,14,16,18-19H,7,9-13,15,17H2,1-2H3,(H,38,45)(H,39,40)/b21-8+,23-3+/t18-/m0/s1. The fraction of sp³-hybridized carbons (Fsp3) is 0.419. The van der Waals surface area contributed by atoms with Crippen LogP contribution in [0.5, 0.6) is 0 Å². The summed E-state index contributed by atoms with van der Waals surface area (Å²) in [6, 6.07) is 6.30. The van der Waals surface area contributed by atoms with E-state index in [2.05, 4.69) is 47.0 Å². The number of benzene rings is 1. The third-order valence-corrected chi connectivity index (χ3v) is 9.26. The van der Waals surface area contributed by atoms with Crippen LogP contribution in [0.15, 0.2) is 45.8 Å². The molecule has 0 saturated carbocycles. The summed E-state index contributed by atoms with van der Waals surface area (Å²) in [5.41, 5.74) is 1.92. The summed E-state index contributed by atoms with van der Waals surface area (Å²) in [7, 11) is 1.36. The van der Waals surface area contributed by atoms with Crippen LogP contribution in [0.1, 0.15) is 55.3 Å². The van der Waals surface area contributed by atoms with E-state index in [1.54, 1.807) is 42.2 Å². The van der Waals surface area contributed by atoms with E-state index in [4.69, 9.17) is 0 Å². The van der Waals surface area contributed by atoms with Gasteiger partial charge in [-0.3, -0.25) is 19.6 Å². The number of halogens is 6. The van der Waals surface area contributed by atoms with Crippen molar-refractivity contribution in [2.45, 2.75) is 44.7 Å². The average Bonchev–Trinajstić information content (AvgIpc) is 3.38. The number of H-pyrrole nitrogens is 2. The molecule has 3 aromatic rings. The zero-order valence-electron chi connectivity index (χ0n) is 24.7. The van der Waals surface area contributed by atoms with Crippen molar-refractivity contribution in [1.82, 2.24) is 25.0 Å². The van der Waals surface area contributed by atoms with Crippen molar-refractivity contribution in [3.8, 4) is 0 Å². The van der Waals surface area contributed by atoms with Gasteiger partial charge in [-0.25, -0.2) is 4.39 Å². The van der Waals surface area contributed by atoms with Crippen LogP contribution in [0.25, 0.3) is 21.0 Å². The molecule has 1 atom stereocenters. The molecule has 1 aliphatic rings. The number of likely N-dealkylation sites (N-methyl/N-ethyl adjacent to an activating group) is 1. The number of carbonyl (C=O) groups is 2. The first-order valence-corrected chi connectivity index (χ1v) is 15.9. The van der Waals surface area contributed by atoms with Crippen LogP contribution < -0.4 is 5.56 Å². The molecule has 242 valence electrons. The third-order valence-electron chi connectivity index (χ3n) is 7.85. The maximum Gasteiger partial charge on any atom is 0.401 e. The summed E-state index contributed by atoms with van der Waals surface area (Å²) in [4.78, 5) is 43.4. The molecule has 2 N–H and O–H groups in total. The Kier molecular flexibility index (Phi) is 11.6. The molecular weight excluding hydrogens is 726 g/mol. The van der Waals surface area contributed by atoms with E-state index < -0.39 is 24.5 Å². The fourth-order valence-corrected chi connectivity index (χ4v) is 6.43. The van der Waals surface area contributed by atoms with Crippen LogP contribution in [-0.2, 0) is 9.59 Å². The predicted octanol–water partition coefficient (Wildman–Crippen LogP) is 6.79. The fourth-order valence-electron chi connectivity index (χ4n) is 5.61. The van der Waals surface area contributed by atoms with Gasteiger partial charge in [0.15, 0.2) is 0 Å². The minimum atomic E-state index is -4.40. The number of pyridine rings is 1. The SMILES string of the molecule is C/C=C(/Br)c1n[nH]c(Br)c1/C(=C/C[C@H](C=O)CC(=O)N1CCC(c2cc3cccc(F)c3[nH]c2=O)CC1)CN(C)CC(F)(F)F. The smallest absolute Gasteiger partial charge is 0.343 e. The van der Waals surface area contributed by atoms with E-state index in [1.165, 1.54) is 13.1 Å². The van der Waals surface area contributed by atoms with Crippen LogP contribution in [0, 0.1) is 11.7 Å². The van der Waals surface area contributed by atoms with Crippen LogP contribution in [0.4, 0.5) is 17.6 Å². The number of allylic oxidation sites excluding steroid dienone is 2. The summed E-state index contributed by atoms with van der Waals surface area (Å²) >= 11 is 6.84. The Morgan fingerprint density at radius 1 is 1.27 bits per heavy atom. The number of carbonyl (C=O) groups excluding carboxylic acids is 2. The maximum absolute atomic E-state index is 14.1. The number of amides is 1. The number of hydrogen-bond acceptors (Lipinski definition) is 5. The van der Waals surface area contributed by atoms with Gasteiger partial charge in [0, 0.05) is 53.0 Å². The summed E-state index contributed by atoms with van der Waals surface area (Å²) in [5.74, 6) is -1.52. The molecule has 0 bridgehead atoms. The second-order valence-electron chi connectivity index (χ2n) is 11.2. The number of para-hydroxylation sites is 1. The first-order chi connectivity index (χ1) is 21.3. The number of aldehydes is 1. The van der Waals surface area contributed by atoms with Crippen molar-refractivity contribution in [3.63, 3.8) is 0 Å². The molecule has 1 aromatic carbocycles. The van der Waals surface area contributed by atoms with Crippen LogP contribution >= 0.6 is 31.9 Å². The van der Waals surface area contributed by atoms with Gasteiger partial charge in [0.1, 0.15) is 22.4 Å². The second-order valence-corrected chi connectivity index (χ2v) is 12.8. The lowest BCUT2D eigenvalue weighted by molar-refractivity contribution is -0.141. The number of aromatic amines is 2. The van der Waals surface area contributed by atoms with Gasteiger partial charge >= 0.3 is 6.18 Å². The number of hydrogen-bond donors (Lipinski definition) is 2. The zero-order valence-corrected chi connectivity index (χ0v) is 27.9. The van der Waals surface area contributed by atoms with Crippen molar-refractivity contribution in [2.24, 2.45) is 5.92 Å². The van der Waals surface area contributed by atoms with Gasteiger partial charge in [0.25, 0.3) is 5.56 Å². The lowest BCUT2D eigenvalue weighted by atomic mass is 9.89. The minimum Gasteiger partial charge on any atom is -0.343 e. The molecule has 14 heteroatoms. The Morgan fingerprint density at radius 3 is 2.62 bits per heavy atom. The minimum absolute atomic E-state index is 0.0653. The first kappa shape index (κ1) is 34.8. The molecule has 0 radical (unpaired) electrons. The van der Waals surface area contributed by atoms with E-state index in [9.17, 15) is 31.9 Å². The van der Waals surface area contributed by atoms with Crippen molar-refractivity contribution in [3.05, 3.63) is 74.0 Å². The quantitative estimate of drug-likeness (QED) is 0.166.